The monoisotopic (exact) mass is 335 g/mol. The third-order valence-corrected chi connectivity index (χ3v) is 4.84. The second kappa shape index (κ2) is 6.12. The molecule has 0 amide bonds. The van der Waals surface area contributed by atoms with Gasteiger partial charge in [-0.15, -0.1) is 0 Å². The molecule has 0 saturated carbocycles. The number of nitrogens with one attached hydrogen (secondary N) is 1. The number of pyridine rings is 2. The van der Waals surface area contributed by atoms with Gasteiger partial charge in [0, 0.05) is 29.0 Å². The minimum Gasteiger partial charge on any atom is -0.361 e. The molecule has 2 aromatic carbocycles. The van der Waals surface area contributed by atoms with Gasteiger partial charge >= 0.3 is 0 Å². The molecule has 2 aromatic heterocycles. The van der Waals surface area contributed by atoms with Crippen LogP contribution in [0.5, 0.6) is 0 Å². The van der Waals surface area contributed by atoms with Crippen molar-refractivity contribution in [2.24, 2.45) is 0 Å². The number of benzene rings is 2. The number of nitrogens with zero attached hydrogens (tertiary/aromatic N) is 2. The molecule has 1 aliphatic rings. The van der Waals surface area contributed by atoms with Gasteiger partial charge in [-0.1, -0.05) is 48.5 Å². The maximum atomic E-state index is 4.91. The third-order valence-electron chi connectivity index (χ3n) is 4.84. The van der Waals surface area contributed by atoms with Gasteiger partial charge in [-0.3, -0.25) is 4.98 Å². The molecule has 1 atom stereocenters. The summed E-state index contributed by atoms with van der Waals surface area (Å²) in [6.07, 6.45) is 3.92. The molecule has 26 heavy (non-hydrogen) atoms. The molecule has 0 aliphatic carbocycles. The van der Waals surface area contributed by atoms with E-state index in [0.29, 0.717) is 0 Å². The molecular weight excluding hydrogens is 318 g/mol. The summed E-state index contributed by atoms with van der Waals surface area (Å²) in [5, 5.41) is 4.58. The smallest absolute Gasteiger partial charge is 0.0709 e. The first-order valence-electron chi connectivity index (χ1n) is 8.73. The van der Waals surface area contributed by atoms with Crippen LogP contribution in [0.3, 0.4) is 0 Å². The Kier molecular flexibility index (Phi) is 3.49. The van der Waals surface area contributed by atoms with Crippen molar-refractivity contribution in [3.05, 3.63) is 108 Å². The summed E-state index contributed by atoms with van der Waals surface area (Å²) in [7, 11) is 0. The van der Waals surface area contributed by atoms with Gasteiger partial charge in [-0.25, -0.2) is 4.98 Å². The molecule has 124 valence electrons. The number of hydrogen-bond acceptors (Lipinski definition) is 3. The predicted molar refractivity (Wildman–Crippen MR) is 106 cm³/mol. The molecule has 0 spiro atoms. The standard InChI is InChI=1S/C23H17N3/c1-3-9-19-16(7-1)12-13-21(26-19)18-15-25-20-10-4-2-8-17(20)23(18)22-11-5-6-14-24-22/h1-15,23,25H/t23-/m0/s1. The highest BCUT2D eigenvalue weighted by molar-refractivity contribution is 5.85. The SMILES string of the molecule is C1=C(c2ccc3ccccc3n2)[C@@H](c2ccccn2)c2ccccc2N1. The quantitative estimate of drug-likeness (QED) is 0.545. The van der Waals surface area contributed by atoms with Crippen LogP contribution in [0.15, 0.2) is 91.3 Å². The molecule has 1 N–H and O–H groups in total. The van der Waals surface area contributed by atoms with Gasteiger partial charge in [0.1, 0.15) is 0 Å². The Balaban J connectivity index is 1.70. The van der Waals surface area contributed by atoms with Crippen molar-refractivity contribution in [1.29, 1.82) is 0 Å². The summed E-state index contributed by atoms with van der Waals surface area (Å²) in [4.78, 5) is 9.55. The van der Waals surface area contributed by atoms with Crippen molar-refractivity contribution >= 4 is 22.2 Å². The lowest BCUT2D eigenvalue weighted by Gasteiger charge is -2.27. The van der Waals surface area contributed by atoms with E-state index < -0.39 is 0 Å². The molecule has 4 aromatic rings. The third kappa shape index (κ3) is 2.45. The molecule has 0 radical (unpaired) electrons. The summed E-state index contributed by atoms with van der Waals surface area (Å²) in [5.74, 6) is 0.0577. The Hall–Kier alpha value is -3.46. The highest BCUT2D eigenvalue weighted by atomic mass is 14.9. The summed E-state index contributed by atoms with van der Waals surface area (Å²) in [5.41, 5.74) is 6.48. The van der Waals surface area contributed by atoms with Crippen LogP contribution in [0.2, 0.25) is 0 Å². The Bertz CT molecular complexity index is 1120. The number of fused-ring (bicyclic) bond motifs is 2. The molecule has 0 unspecified atom stereocenters. The number of anilines is 1. The molecule has 3 heteroatoms. The Labute approximate surface area is 152 Å². The van der Waals surface area contributed by atoms with E-state index in [2.05, 4.69) is 71.1 Å². The number of aromatic nitrogens is 2. The van der Waals surface area contributed by atoms with Gasteiger partial charge in [0.2, 0.25) is 0 Å². The van der Waals surface area contributed by atoms with E-state index in [0.717, 1.165) is 33.6 Å². The molecule has 0 bridgehead atoms. The maximum Gasteiger partial charge on any atom is 0.0709 e. The summed E-state index contributed by atoms with van der Waals surface area (Å²) in [6.45, 7) is 0. The van der Waals surface area contributed by atoms with Crippen molar-refractivity contribution in [3.63, 3.8) is 0 Å². The molecule has 0 saturated heterocycles. The van der Waals surface area contributed by atoms with Crippen molar-refractivity contribution < 1.29 is 0 Å². The molecule has 0 fully saturated rings. The van der Waals surface area contributed by atoms with E-state index in [1.165, 1.54) is 5.56 Å². The molecule has 1 aliphatic heterocycles. The fourth-order valence-corrected chi connectivity index (χ4v) is 3.60. The van der Waals surface area contributed by atoms with Crippen molar-refractivity contribution in [1.82, 2.24) is 9.97 Å². The van der Waals surface area contributed by atoms with Gasteiger partial charge in [0.05, 0.1) is 22.8 Å². The van der Waals surface area contributed by atoms with Gasteiger partial charge in [0.25, 0.3) is 0 Å². The van der Waals surface area contributed by atoms with E-state index in [4.69, 9.17) is 4.98 Å². The summed E-state index contributed by atoms with van der Waals surface area (Å²) >= 11 is 0. The highest BCUT2D eigenvalue weighted by Crippen LogP contribution is 2.42. The van der Waals surface area contributed by atoms with Crippen molar-refractivity contribution in [3.8, 4) is 0 Å². The van der Waals surface area contributed by atoms with Gasteiger partial charge in [0.15, 0.2) is 0 Å². The predicted octanol–water partition coefficient (Wildman–Crippen LogP) is 5.23. The van der Waals surface area contributed by atoms with Crippen LogP contribution in [-0.2, 0) is 0 Å². The summed E-state index contributed by atoms with van der Waals surface area (Å²) < 4.78 is 0. The number of rotatable bonds is 2. The zero-order valence-corrected chi connectivity index (χ0v) is 14.1. The lowest BCUT2D eigenvalue weighted by atomic mass is 9.83. The lowest BCUT2D eigenvalue weighted by molar-refractivity contribution is 0.955. The Morgan fingerprint density at radius 3 is 2.54 bits per heavy atom. The zero-order valence-electron chi connectivity index (χ0n) is 14.1. The second-order valence-electron chi connectivity index (χ2n) is 6.41. The van der Waals surface area contributed by atoms with E-state index in [-0.39, 0.29) is 5.92 Å². The van der Waals surface area contributed by atoms with E-state index in [1.807, 2.05) is 30.5 Å². The average molecular weight is 335 g/mol. The van der Waals surface area contributed by atoms with Crippen LogP contribution < -0.4 is 5.32 Å². The van der Waals surface area contributed by atoms with Crippen LogP contribution in [0.4, 0.5) is 5.69 Å². The lowest BCUT2D eigenvalue weighted by Crippen LogP contribution is -2.14. The maximum absolute atomic E-state index is 4.91. The minimum absolute atomic E-state index is 0.0577. The second-order valence-corrected chi connectivity index (χ2v) is 6.41. The first-order chi connectivity index (χ1) is 12.9. The van der Waals surface area contributed by atoms with Crippen molar-refractivity contribution in [2.75, 3.05) is 5.32 Å². The minimum atomic E-state index is 0.0577. The van der Waals surface area contributed by atoms with Crippen LogP contribution in [0, 0.1) is 0 Å². The Morgan fingerprint density at radius 2 is 1.62 bits per heavy atom. The number of allylic oxidation sites excluding steroid dienone is 1. The topological polar surface area (TPSA) is 37.8 Å². The largest absolute Gasteiger partial charge is 0.361 e. The first kappa shape index (κ1) is 14.8. The van der Waals surface area contributed by atoms with Gasteiger partial charge in [-0.2, -0.15) is 0 Å². The number of para-hydroxylation sites is 2. The van der Waals surface area contributed by atoms with Crippen LogP contribution >= 0.6 is 0 Å². The van der Waals surface area contributed by atoms with E-state index in [1.54, 1.807) is 0 Å². The normalized spacial score (nSPS) is 15.8. The van der Waals surface area contributed by atoms with Gasteiger partial charge in [-0.05, 0) is 35.9 Å². The van der Waals surface area contributed by atoms with Gasteiger partial charge < -0.3 is 5.32 Å². The molecule has 5 rings (SSSR count). The fraction of sp³-hybridized carbons (Fsp3) is 0.0435. The fourth-order valence-electron chi connectivity index (χ4n) is 3.60. The zero-order chi connectivity index (χ0) is 17.3. The van der Waals surface area contributed by atoms with E-state index in [9.17, 15) is 0 Å². The average Bonchev–Trinajstić information content (AvgIpc) is 2.73. The van der Waals surface area contributed by atoms with Crippen molar-refractivity contribution in [2.45, 2.75) is 5.92 Å². The highest BCUT2D eigenvalue weighted by Gasteiger charge is 2.27. The summed E-state index contributed by atoms with van der Waals surface area (Å²) in [6, 6.07) is 26.9. The first-order valence-corrected chi connectivity index (χ1v) is 8.73. The molecular formula is C23H17N3. The van der Waals surface area contributed by atoms with Crippen LogP contribution in [0.1, 0.15) is 22.9 Å². The molecule has 3 nitrogen and oxygen atoms in total. The van der Waals surface area contributed by atoms with Crippen LogP contribution in [-0.4, -0.2) is 9.97 Å². The number of hydrogen-bond donors (Lipinski definition) is 1. The Morgan fingerprint density at radius 1 is 0.769 bits per heavy atom. The molecule has 3 heterocycles. The van der Waals surface area contributed by atoms with Crippen LogP contribution in [0.25, 0.3) is 16.5 Å². The van der Waals surface area contributed by atoms with E-state index >= 15 is 0 Å².